The second-order valence-corrected chi connectivity index (χ2v) is 6.98. The van der Waals surface area contributed by atoms with Crippen molar-refractivity contribution in [2.75, 3.05) is 19.7 Å². The van der Waals surface area contributed by atoms with E-state index in [9.17, 15) is 4.79 Å². The average molecular weight is 317 g/mol. The summed E-state index contributed by atoms with van der Waals surface area (Å²) in [6.07, 6.45) is 8.64. The van der Waals surface area contributed by atoms with Crippen molar-refractivity contribution in [3.05, 3.63) is 41.1 Å². The van der Waals surface area contributed by atoms with E-state index in [1.807, 2.05) is 34.3 Å². The number of carbonyl (C=O) groups excluding carboxylic acids is 1. The van der Waals surface area contributed by atoms with Crippen LogP contribution in [0, 0.1) is 0 Å². The summed E-state index contributed by atoms with van der Waals surface area (Å²) in [7, 11) is 0. The number of rotatable bonds is 2. The molecule has 2 unspecified atom stereocenters. The second kappa shape index (κ2) is 5.52. The zero-order chi connectivity index (χ0) is 15.0. The Morgan fingerprint density at radius 1 is 1.50 bits per heavy atom. The molecule has 4 heterocycles. The van der Waals surface area contributed by atoms with Gasteiger partial charge in [0.2, 0.25) is 0 Å². The summed E-state index contributed by atoms with van der Waals surface area (Å²) >= 11 is 1.57. The molecule has 116 valence electrons. The topological polar surface area (TPSA) is 47.4 Å². The molecular formula is C16H19N3O2S. The number of hydrogen-bond acceptors (Lipinski definition) is 4. The van der Waals surface area contributed by atoms with Crippen LogP contribution < -0.4 is 0 Å². The maximum absolute atomic E-state index is 12.6. The van der Waals surface area contributed by atoms with Crippen LogP contribution in [0.2, 0.25) is 0 Å². The molecule has 2 aliphatic heterocycles. The molecule has 2 atom stereocenters. The number of ether oxygens (including phenoxy) is 1. The van der Waals surface area contributed by atoms with Crippen molar-refractivity contribution in [3.8, 4) is 0 Å². The van der Waals surface area contributed by atoms with Crippen molar-refractivity contribution in [1.82, 2.24) is 14.5 Å². The van der Waals surface area contributed by atoms with E-state index in [-0.39, 0.29) is 11.5 Å². The highest BCUT2D eigenvalue weighted by molar-refractivity contribution is 7.08. The lowest BCUT2D eigenvalue weighted by Crippen LogP contribution is -2.50. The van der Waals surface area contributed by atoms with Gasteiger partial charge >= 0.3 is 0 Å². The van der Waals surface area contributed by atoms with E-state index in [1.54, 1.807) is 17.5 Å². The van der Waals surface area contributed by atoms with Gasteiger partial charge in [0.05, 0.1) is 36.7 Å². The molecule has 1 spiro atoms. The number of likely N-dealkylation sites (tertiary alicyclic amines) is 1. The number of carbonyl (C=O) groups is 1. The number of hydrogen-bond donors (Lipinski definition) is 0. The first-order valence-electron chi connectivity index (χ1n) is 7.69. The quantitative estimate of drug-likeness (QED) is 0.855. The van der Waals surface area contributed by atoms with Crippen molar-refractivity contribution in [1.29, 1.82) is 0 Å². The summed E-state index contributed by atoms with van der Waals surface area (Å²) in [6.45, 7) is 2.24. The van der Waals surface area contributed by atoms with Gasteiger partial charge in [-0.05, 0) is 24.3 Å². The Labute approximate surface area is 133 Å². The molecule has 4 rings (SSSR count). The van der Waals surface area contributed by atoms with Crippen molar-refractivity contribution < 1.29 is 9.53 Å². The van der Waals surface area contributed by atoms with E-state index in [2.05, 4.69) is 9.55 Å². The first kappa shape index (κ1) is 14.0. The normalized spacial score (nSPS) is 28.4. The van der Waals surface area contributed by atoms with Gasteiger partial charge in [-0.1, -0.05) is 0 Å². The maximum Gasteiger partial charge on any atom is 0.254 e. The number of imidazole rings is 1. The summed E-state index contributed by atoms with van der Waals surface area (Å²) in [6, 6.07) is 2.23. The fraction of sp³-hybridized carbons (Fsp3) is 0.500. The lowest BCUT2D eigenvalue weighted by atomic mass is 9.88. The molecule has 2 fully saturated rings. The molecule has 1 amide bonds. The summed E-state index contributed by atoms with van der Waals surface area (Å²) in [5.41, 5.74) is 0.616. The van der Waals surface area contributed by atoms with E-state index in [4.69, 9.17) is 4.74 Å². The highest BCUT2D eigenvalue weighted by Crippen LogP contribution is 2.39. The predicted molar refractivity (Wildman–Crippen MR) is 84.0 cm³/mol. The van der Waals surface area contributed by atoms with E-state index in [1.165, 1.54) is 0 Å². The minimum absolute atomic E-state index is 0.134. The second-order valence-electron chi connectivity index (χ2n) is 6.20. The van der Waals surface area contributed by atoms with Crippen LogP contribution in [0.3, 0.4) is 0 Å². The molecule has 0 bridgehead atoms. The SMILES string of the molecule is O=C(c1ccsc1)N1CCCC2(CC(n3ccnc3)CO2)C1. The molecule has 0 saturated carbocycles. The van der Waals surface area contributed by atoms with Gasteiger partial charge in [0.25, 0.3) is 5.91 Å². The Morgan fingerprint density at radius 2 is 2.45 bits per heavy atom. The number of aromatic nitrogens is 2. The molecule has 2 aromatic heterocycles. The Balaban J connectivity index is 1.48. The van der Waals surface area contributed by atoms with Crippen molar-refractivity contribution >= 4 is 17.2 Å². The van der Waals surface area contributed by atoms with Crippen LogP contribution in [0.15, 0.2) is 35.5 Å². The van der Waals surface area contributed by atoms with Crippen LogP contribution >= 0.6 is 11.3 Å². The number of thiophene rings is 1. The molecule has 0 radical (unpaired) electrons. The molecule has 22 heavy (non-hydrogen) atoms. The molecule has 2 saturated heterocycles. The molecule has 2 aromatic rings. The van der Waals surface area contributed by atoms with Crippen molar-refractivity contribution in [2.24, 2.45) is 0 Å². The van der Waals surface area contributed by atoms with Crippen LogP contribution in [-0.4, -0.2) is 45.7 Å². The smallest absolute Gasteiger partial charge is 0.254 e. The molecule has 0 aliphatic carbocycles. The Hall–Kier alpha value is -1.66. The zero-order valence-corrected chi connectivity index (χ0v) is 13.2. The van der Waals surface area contributed by atoms with Gasteiger partial charge in [-0.3, -0.25) is 4.79 Å². The largest absolute Gasteiger partial charge is 0.371 e. The molecule has 5 nitrogen and oxygen atoms in total. The lowest BCUT2D eigenvalue weighted by molar-refractivity contribution is -0.0449. The number of nitrogens with zero attached hydrogens (tertiary/aromatic N) is 3. The van der Waals surface area contributed by atoms with Crippen LogP contribution in [0.25, 0.3) is 0 Å². The van der Waals surface area contributed by atoms with Gasteiger partial charge in [0.15, 0.2) is 0 Å². The first-order valence-corrected chi connectivity index (χ1v) is 8.63. The maximum atomic E-state index is 12.6. The summed E-state index contributed by atoms with van der Waals surface area (Å²) in [4.78, 5) is 18.7. The van der Waals surface area contributed by atoms with Gasteiger partial charge in [-0.15, -0.1) is 0 Å². The molecule has 0 N–H and O–H groups in total. The van der Waals surface area contributed by atoms with Crippen LogP contribution in [-0.2, 0) is 4.74 Å². The highest BCUT2D eigenvalue weighted by Gasteiger charge is 2.45. The van der Waals surface area contributed by atoms with Gasteiger partial charge in [0, 0.05) is 30.7 Å². The predicted octanol–water partition coefficient (Wildman–Crippen LogP) is 2.58. The van der Waals surface area contributed by atoms with Crippen molar-refractivity contribution in [3.63, 3.8) is 0 Å². The average Bonchev–Trinajstić information content (AvgIpc) is 3.28. The minimum atomic E-state index is -0.182. The standard InChI is InChI=1S/C16H19N3O2S/c20-15(13-2-7-22-10-13)18-5-1-3-16(11-18)8-14(9-21-16)19-6-4-17-12-19/h2,4,6-7,10,12,14H,1,3,5,8-9,11H2. The van der Waals surface area contributed by atoms with Crippen LogP contribution in [0.4, 0.5) is 0 Å². The molecule has 0 aromatic carbocycles. The molecule has 2 aliphatic rings. The molecular weight excluding hydrogens is 298 g/mol. The lowest BCUT2D eigenvalue weighted by Gasteiger charge is -2.39. The van der Waals surface area contributed by atoms with E-state index in [0.717, 1.165) is 31.4 Å². The van der Waals surface area contributed by atoms with Crippen LogP contribution in [0.5, 0.6) is 0 Å². The van der Waals surface area contributed by atoms with Gasteiger partial charge in [-0.25, -0.2) is 4.98 Å². The van der Waals surface area contributed by atoms with Gasteiger partial charge < -0.3 is 14.2 Å². The van der Waals surface area contributed by atoms with Gasteiger partial charge in [-0.2, -0.15) is 11.3 Å². The summed E-state index contributed by atoms with van der Waals surface area (Å²) in [5, 5.41) is 3.88. The van der Waals surface area contributed by atoms with E-state index < -0.39 is 0 Å². The van der Waals surface area contributed by atoms with Crippen molar-refractivity contribution in [2.45, 2.75) is 30.9 Å². The van der Waals surface area contributed by atoms with E-state index in [0.29, 0.717) is 19.2 Å². The third-order valence-corrected chi connectivity index (χ3v) is 5.41. The zero-order valence-electron chi connectivity index (χ0n) is 12.4. The minimum Gasteiger partial charge on any atom is -0.371 e. The summed E-state index contributed by atoms with van der Waals surface area (Å²) < 4.78 is 8.30. The monoisotopic (exact) mass is 317 g/mol. The fourth-order valence-corrected chi connectivity index (χ4v) is 4.25. The van der Waals surface area contributed by atoms with E-state index >= 15 is 0 Å². The third kappa shape index (κ3) is 2.46. The van der Waals surface area contributed by atoms with Crippen LogP contribution in [0.1, 0.15) is 35.7 Å². The Kier molecular flexibility index (Phi) is 3.50. The fourth-order valence-electron chi connectivity index (χ4n) is 3.62. The van der Waals surface area contributed by atoms with Gasteiger partial charge in [0.1, 0.15) is 0 Å². The molecule has 6 heteroatoms. The highest BCUT2D eigenvalue weighted by atomic mass is 32.1. The summed E-state index contributed by atoms with van der Waals surface area (Å²) in [5.74, 6) is 0.134. The first-order chi connectivity index (χ1) is 10.8. The third-order valence-electron chi connectivity index (χ3n) is 4.73. The number of piperidine rings is 1. The Morgan fingerprint density at radius 3 is 3.23 bits per heavy atom. The number of amides is 1. The Bertz CT molecular complexity index is 640.